The molecule has 5 rings (SSSR count). The van der Waals surface area contributed by atoms with Gasteiger partial charge in [-0.3, -0.25) is 4.98 Å². The number of hydrogen-bond donors (Lipinski definition) is 2. The van der Waals surface area contributed by atoms with E-state index in [1.54, 1.807) is 12.4 Å². The Bertz CT molecular complexity index is 1210. The van der Waals surface area contributed by atoms with Gasteiger partial charge < -0.3 is 15.5 Å². The quantitative estimate of drug-likeness (QED) is 0.395. The minimum absolute atomic E-state index is 0.242. The first-order chi connectivity index (χ1) is 16.3. The van der Waals surface area contributed by atoms with E-state index < -0.39 is 0 Å². The Hall–Kier alpha value is -3.86. The van der Waals surface area contributed by atoms with E-state index >= 15 is 0 Å². The summed E-state index contributed by atoms with van der Waals surface area (Å²) in [5, 5.41) is 8.17. The molecule has 1 aliphatic heterocycles. The topological polar surface area (TPSA) is 57.3 Å². The number of amides is 2. The van der Waals surface area contributed by atoms with Crippen LogP contribution in [0.5, 0.6) is 0 Å². The van der Waals surface area contributed by atoms with Crippen molar-refractivity contribution in [3.63, 3.8) is 0 Å². The third-order valence-corrected chi connectivity index (χ3v) is 6.28. The fourth-order valence-corrected chi connectivity index (χ4v) is 4.56. The SMILES string of the molecule is O=C(Nc1cccc2cnccc12)NC(c1ccccc1)c1ccc(N2CCCCC2)cc1. The summed E-state index contributed by atoms with van der Waals surface area (Å²) in [4.78, 5) is 19.7. The van der Waals surface area contributed by atoms with Gasteiger partial charge in [0.1, 0.15) is 0 Å². The average molecular weight is 437 g/mol. The molecule has 0 spiro atoms. The highest BCUT2D eigenvalue weighted by atomic mass is 16.2. The van der Waals surface area contributed by atoms with Gasteiger partial charge in [-0.1, -0.05) is 54.6 Å². The van der Waals surface area contributed by atoms with Gasteiger partial charge in [0.15, 0.2) is 0 Å². The standard InChI is InChI=1S/C28H28N4O/c33-28(30-26-11-7-10-23-20-29-17-16-25(23)26)31-27(21-8-3-1-4-9-21)22-12-14-24(15-13-22)32-18-5-2-6-19-32/h1,3-4,7-17,20,27H,2,5-6,18-19H2,(H2,30,31,33). The van der Waals surface area contributed by atoms with Gasteiger partial charge in [0.05, 0.1) is 11.7 Å². The predicted molar refractivity (Wildman–Crippen MR) is 135 cm³/mol. The maximum atomic E-state index is 13.1. The number of benzene rings is 3. The molecule has 2 N–H and O–H groups in total. The van der Waals surface area contributed by atoms with Crippen LogP contribution in [0.4, 0.5) is 16.2 Å². The molecule has 0 bridgehead atoms. The highest BCUT2D eigenvalue weighted by molar-refractivity contribution is 6.01. The Kier molecular flexibility index (Phi) is 6.20. The van der Waals surface area contributed by atoms with E-state index in [0.29, 0.717) is 0 Å². The first-order valence-electron chi connectivity index (χ1n) is 11.6. The van der Waals surface area contributed by atoms with Crippen LogP contribution < -0.4 is 15.5 Å². The molecule has 0 radical (unpaired) electrons. The second-order valence-corrected chi connectivity index (χ2v) is 8.48. The zero-order valence-electron chi connectivity index (χ0n) is 18.6. The Labute approximate surface area is 194 Å². The van der Waals surface area contributed by atoms with Crippen molar-refractivity contribution in [2.75, 3.05) is 23.3 Å². The molecule has 0 aliphatic carbocycles. The summed E-state index contributed by atoms with van der Waals surface area (Å²) in [5.74, 6) is 0. The molecule has 1 saturated heterocycles. The molecule has 0 saturated carbocycles. The van der Waals surface area contributed by atoms with Gasteiger partial charge in [-0.25, -0.2) is 4.79 Å². The number of pyridine rings is 1. The number of urea groups is 1. The summed E-state index contributed by atoms with van der Waals surface area (Å²) in [5.41, 5.74) is 4.11. The van der Waals surface area contributed by atoms with Crippen LogP contribution in [0.1, 0.15) is 36.4 Å². The number of carbonyl (C=O) groups excluding carboxylic acids is 1. The maximum absolute atomic E-state index is 13.1. The highest BCUT2D eigenvalue weighted by Gasteiger charge is 2.18. The molecule has 33 heavy (non-hydrogen) atoms. The van der Waals surface area contributed by atoms with E-state index in [0.717, 1.165) is 40.7 Å². The van der Waals surface area contributed by atoms with Gasteiger partial charge in [0, 0.05) is 41.9 Å². The maximum Gasteiger partial charge on any atom is 0.320 e. The van der Waals surface area contributed by atoms with Gasteiger partial charge in [-0.15, -0.1) is 0 Å². The summed E-state index contributed by atoms with van der Waals surface area (Å²) in [6, 6.07) is 25.9. The monoisotopic (exact) mass is 436 g/mol. The molecule has 166 valence electrons. The van der Waals surface area contributed by atoms with Crippen LogP contribution in [0.15, 0.2) is 91.3 Å². The van der Waals surface area contributed by atoms with Gasteiger partial charge >= 0.3 is 6.03 Å². The van der Waals surface area contributed by atoms with E-state index in [4.69, 9.17) is 0 Å². The van der Waals surface area contributed by atoms with Crippen LogP contribution in [-0.4, -0.2) is 24.1 Å². The van der Waals surface area contributed by atoms with Crippen molar-refractivity contribution < 1.29 is 4.79 Å². The van der Waals surface area contributed by atoms with E-state index in [2.05, 4.69) is 44.8 Å². The largest absolute Gasteiger partial charge is 0.372 e. The Morgan fingerprint density at radius 3 is 2.36 bits per heavy atom. The van der Waals surface area contributed by atoms with Crippen molar-refractivity contribution in [1.82, 2.24) is 10.3 Å². The summed E-state index contributed by atoms with van der Waals surface area (Å²) in [6.07, 6.45) is 7.36. The lowest BCUT2D eigenvalue weighted by Crippen LogP contribution is -2.33. The molecule has 1 aromatic heterocycles. The third-order valence-electron chi connectivity index (χ3n) is 6.28. The van der Waals surface area contributed by atoms with E-state index in [9.17, 15) is 4.79 Å². The Morgan fingerprint density at radius 2 is 1.58 bits per heavy atom. The third kappa shape index (κ3) is 4.82. The molecule has 4 aromatic rings. The van der Waals surface area contributed by atoms with Crippen molar-refractivity contribution in [3.05, 3.63) is 102 Å². The number of rotatable bonds is 5. The Balaban J connectivity index is 1.38. The smallest absolute Gasteiger partial charge is 0.320 e. The normalized spacial score (nSPS) is 14.6. The summed E-state index contributed by atoms with van der Waals surface area (Å²) in [7, 11) is 0. The lowest BCUT2D eigenvalue weighted by Gasteiger charge is -2.29. The lowest BCUT2D eigenvalue weighted by atomic mass is 9.98. The summed E-state index contributed by atoms with van der Waals surface area (Å²) in [6.45, 7) is 2.23. The molecular weight excluding hydrogens is 408 g/mol. The number of nitrogens with one attached hydrogen (secondary N) is 2. The van der Waals surface area contributed by atoms with Crippen LogP contribution in [0.3, 0.4) is 0 Å². The number of nitrogens with zero attached hydrogens (tertiary/aromatic N) is 2. The van der Waals surface area contributed by atoms with E-state index in [-0.39, 0.29) is 12.1 Å². The zero-order chi connectivity index (χ0) is 22.5. The minimum Gasteiger partial charge on any atom is -0.372 e. The fourth-order valence-electron chi connectivity index (χ4n) is 4.56. The summed E-state index contributed by atoms with van der Waals surface area (Å²) < 4.78 is 0. The second kappa shape index (κ2) is 9.74. The van der Waals surface area contributed by atoms with Gasteiger partial charge in [-0.05, 0) is 54.7 Å². The van der Waals surface area contributed by atoms with Crippen molar-refractivity contribution in [2.24, 2.45) is 0 Å². The zero-order valence-corrected chi connectivity index (χ0v) is 18.6. The highest BCUT2D eigenvalue weighted by Crippen LogP contribution is 2.27. The van der Waals surface area contributed by atoms with Crippen molar-refractivity contribution >= 4 is 28.2 Å². The van der Waals surface area contributed by atoms with E-state index in [1.807, 2.05) is 54.6 Å². The number of piperidine rings is 1. The summed E-state index contributed by atoms with van der Waals surface area (Å²) >= 11 is 0. The molecule has 2 amide bonds. The van der Waals surface area contributed by atoms with Crippen molar-refractivity contribution in [1.29, 1.82) is 0 Å². The van der Waals surface area contributed by atoms with Crippen LogP contribution >= 0.6 is 0 Å². The molecule has 1 fully saturated rings. The molecule has 2 heterocycles. The second-order valence-electron chi connectivity index (χ2n) is 8.48. The molecule has 3 aromatic carbocycles. The molecular formula is C28H28N4O. The number of fused-ring (bicyclic) bond motifs is 1. The molecule has 1 atom stereocenters. The van der Waals surface area contributed by atoms with Gasteiger partial charge in [-0.2, -0.15) is 0 Å². The minimum atomic E-state index is -0.252. The molecule has 5 heteroatoms. The first kappa shape index (κ1) is 21.0. The van der Waals surface area contributed by atoms with Gasteiger partial charge in [0.25, 0.3) is 0 Å². The molecule has 1 unspecified atom stereocenters. The number of hydrogen-bond acceptors (Lipinski definition) is 3. The number of anilines is 2. The van der Waals surface area contributed by atoms with Crippen molar-refractivity contribution in [3.8, 4) is 0 Å². The Morgan fingerprint density at radius 1 is 0.818 bits per heavy atom. The first-order valence-corrected chi connectivity index (χ1v) is 11.6. The van der Waals surface area contributed by atoms with Crippen LogP contribution in [-0.2, 0) is 0 Å². The lowest BCUT2D eigenvalue weighted by molar-refractivity contribution is 0.250. The number of carbonyl (C=O) groups is 1. The molecule has 1 aliphatic rings. The van der Waals surface area contributed by atoms with E-state index in [1.165, 1.54) is 24.9 Å². The molecule has 5 nitrogen and oxygen atoms in total. The predicted octanol–water partition coefficient (Wildman–Crippen LogP) is 6.14. The van der Waals surface area contributed by atoms with Crippen LogP contribution in [0.2, 0.25) is 0 Å². The average Bonchev–Trinajstić information content (AvgIpc) is 2.89. The van der Waals surface area contributed by atoms with Crippen molar-refractivity contribution in [2.45, 2.75) is 25.3 Å². The fraction of sp³-hybridized carbons (Fsp3) is 0.214. The van der Waals surface area contributed by atoms with Gasteiger partial charge in [0.2, 0.25) is 0 Å². The number of aromatic nitrogens is 1. The van der Waals surface area contributed by atoms with Crippen LogP contribution in [0, 0.1) is 0 Å². The van der Waals surface area contributed by atoms with Crippen LogP contribution in [0.25, 0.3) is 10.8 Å².